The molecular weight excluding hydrogens is 257 g/mol. The molecule has 0 atom stereocenters. The summed E-state index contributed by atoms with van der Waals surface area (Å²) < 4.78 is 12.7. The summed E-state index contributed by atoms with van der Waals surface area (Å²) in [5.41, 5.74) is 1.02. The van der Waals surface area contributed by atoms with Gasteiger partial charge in [0.05, 0.1) is 8.66 Å². The molecule has 1 aromatic rings. The molecule has 1 heterocycles. The normalized spacial score (nSPS) is 10.1. The van der Waals surface area contributed by atoms with Crippen molar-refractivity contribution in [3.05, 3.63) is 20.3 Å². The Kier molecular flexibility index (Phi) is 3.87. The highest BCUT2D eigenvalue weighted by atomic mass is 79.9. The van der Waals surface area contributed by atoms with Gasteiger partial charge in [-0.3, -0.25) is 4.79 Å². The highest BCUT2D eigenvalue weighted by molar-refractivity contribution is 9.11. The van der Waals surface area contributed by atoms with Crippen LogP contribution in [0.4, 0.5) is 4.39 Å². The molecule has 0 unspecified atom stereocenters. The highest BCUT2D eigenvalue weighted by Gasteiger charge is 2.09. The van der Waals surface area contributed by atoms with E-state index in [0.29, 0.717) is 4.88 Å². The van der Waals surface area contributed by atoms with E-state index in [0.717, 1.165) is 9.35 Å². The van der Waals surface area contributed by atoms with Crippen molar-refractivity contribution in [3.63, 3.8) is 0 Å². The number of nitrogens with one attached hydrogen (secondary N) is 1. The van der Waals surface area contributed by atoms with E-state index in [1.807, 2.05) is 6.92 Å². The molecule has 0 radical (unpaired) electrons. The molecule has 0 aromatic carbocycles. The van der Waals surface area contributed by atoms with Gasteiger partial charge in [-0.15, -0.1) is 11.3 Å². The van der Waals surface area contributed by atoms with Crippen molar-refractivity contribution >= 4 is 33.2 Å². The van der Waals surface area contributed by atoms with Crippen LogP contribution in [-0.4, -0.2) is 19.1 Å². The third-order valence-electron chi connectivity index (χ3n) is 1.46. The van der Waals surface area contributed by atoms with E-state index in [1.165, 1.54) is 11.3 Å². The van der Waals surface area contributed by atoms with E-state index in [4.69, 9.17) is 0 Å². The van der Waals surface area contributed by atoms with Crippen molar-refractivity contribution in [2.45, 2.75) is 6.92 Å². The molecule has 1 aromatic heterocycles. The lowest BCUT2D eigenvalue weighted by Crippen LogP contribution is -2.24. The molecule has 13 heavy (non-hydrogen) atoms. The maximum Gasteiger partial charge on any atom is 0.261 e. The SMILES string of the molecule is Cc1cc(C(=O)NCCF)sc1Br. The molecular formula is C8H9BrFNOS. The van der Waals surface area contributed by atoms with Gasteiger partial charge in [0.25, 0.3) is 5.91 Å². The minimum Gasteiger partial charge on any atom is -0.349 e. The van der Waals surface area contributed by atoms with Crippen LogP contribution < -0.4 is 5.32 Å². The van der Waals surface area contributed by atoms with Gasteiger partial charge in [-0.25, -0.2) is 4.39 Å². The molecule has 2 nitrogen and oxygen atoms in total. The van der Waals surface area contributed by atoms with Crippen LogP contribution >= 0.6 is 27.3 Å². The van der Waals surface area contributed by atoms with Crippen LogP contribution in [0.15, 0.2) is 9.85 Å². The van der Waals surface area contributed by atoms with Crippen molar-refractivity contribution in [2.75, 3.05) is 13.2 Å². The van der Waals surface area contributed by atoms with Gasteiger partial charge in [0, 0.05) is 6.54 Å². The van der Waals surface area contributed by atoms with E-state index in [9.17, 15) is 9.18 Å². The molecule has 0 spiro atoms. The third-order valence-corrected chi connectivity index (χ3v) is 3.60. The highest BCUT2D eigenvalue weighted by Crippen LogP contribution is 2.26. The average molecular weight is 266 g/mol. The second kappa shape index (κ2) is 4.72. The first kappa shape index (κ1) is 10.7. The quantitative estimate of drug-likeness (QED) is 0.894. The molecule has 1 rings (SSSR count). The smallest absolute Gasteiger partial charge is 0.261 e. The van der Waals surface area contributed by atoms with Crippen LogP contribution in [0.5, 0.6) is 0 Å². The van der Waals surface area contributed by atoms with Crippen molar-refractivity contribution < 1.29 is 9.18 Å². The summed E-state index contributed by atoms with van der Waals surface area (Å²) in [5, 5.41) is 2.46. The first-order valence-electron chi connectivity index (χ1n) is 3.75. The summed E-state index contributed by atoms with van der Waals surface area (Å²) in [6, 6.07) is 1.78. The Balaban J connectivity index is 2.66. The predicted octanol–water partition coefficient (Wildman–Crippen LogP) is 2.52. The lowest BCUT2D eigenvalue weighted by molar-refractivity contribution is 0.0955. The number of rotatable bonds is 3. The number of aryl methyl sites for hydroxylation is 1. The second-order valence-electron chi connectivity index (χ2n) is 2.51. The Labute approximate surface area is 88.3 Å². The molecule has 0 saturated carbocycles. The summed E-state index contributed by atoms with van der Waals surface area (Å²) in [5.74, 6) is -0.212. The Morgan fingerprint density at radius 2 is 2.46 bits per heavy atom. The molecule has 5 heteroatoms. The van der Waals surface area contributed by atoms with E-state index < -0.39 is 6.67 Å². The molecule has 0 aliphatic heterocycles. The number of alkyl halides is 1. The average Bonchev–Trinajstić information content (AvgIpc) is 2.43. The van der Waals surface area contributed by atoms with Gasteiger partial charge >= 0.3 is 0 Å². The maximum absolute atomic E-state index is 11.7. The fourth-order valence-electron chi connectivity index (χ4n) is 0.820. The predicted molar refractivity (Wildman–Crippen MR) is 55.1 cm³/mol. The molecule has 0 saturated heterocycles. The summed E-state index contributed by atoms with van der Waals surface area (Å²) >= 11 is 4.67. The molecule has 0 aliphatic carbocycles. The number of carbonyl (C=O) groups is 1. The van der Waals surface area contributed by atoms with E-state index in [2.05, 4.69) is 21.2 Å². The Morgan fingerprint density at radius 3 is 2.92 bits per heavy atom. The first-order chi connectivity index (χ1) is 6.15. The van der Waals surface area contributed by atoms with E-state index in [-0.39, 0.29) is 12.5 Å². The van der Waals surface area contributed by atoms with E-state index in [1.54, 1.807) is 6.07 Å². The largest absolute Gasteiger partial charge is 0.349 e. The van der Waals surface area contributed by atoms with Crippen molar-refractivity contribution in [1.29, 1.82) is 0 Å². The zero-order valence-electron chi connectivity index (χ0n) is 7.06. The van der Waals surface area contributed by atoms with E-state index >= 15 is 0 Å². The number of carbonyl (C=O) groups excluding carboxylic acids is 1. The molecule has 72 valence electrons. The van der Waals surface area contributed by atoms with Crippen molar-refractivity contribution in [1.82, 2.24) is 5.32 Å². The van der Waals surface area contributed by atoms with Crippen LogP contribution in [0.2, 0.25) is 0 Å². The molecule has 1 N–H and O–H groups in total. The van der Waals surface area contributed by atoms with Gasteiger partial charge in [-0.05, 0) is 34.5 Å². The van der Waals surface area contributed by atoms with Crippen LogP contribution in [0.3, 0.4) is 0 Å². The van der Waals surface area contributed by atoms with Gasteiger partial charge in [-0.2, -0.15) is 0 Å². The summed E-state index contributed by atoms with van der Waals surface area (Å²) in [6.45, 7) is 1.46. The lowest BCUT2D eigenvalue weighted by Gasteiger charge is -1.97. The molecule has 0 bridgehead atoms. The van der Waals surface area contributed by atoms with Crippen LogP contribution in [0.1, 0.15) is 15.2 Å². The van der Waals surface area contributed by atoms with Gasteiger partial charge in [0.15, 0.2) is 0 Å². The topological polar surface area (TPSA) is 29.1 Å². The number of hydrogen-bond donors (Lipinski definition) is 1. The van der Waals surface area contributed by atoms with Gasteiger partial charge < -0.3 is 5.32 Å². The van der Waals surface area contributed by atoms with Crippen molar-refractivity contribution in [2.24, 2.45) is 0 Å². The van der Waals surface area contributed by atoms with Crippen molar-refractivity contribution in [3.8, 4) is 0 Å². The zero-order chi connectivity index (χ0) is 9.84. The zero-order valence-corrected chi connectivity index (χ0v) is 9.47. The second-order valence-corrected chi connectivity index (χ2v) is 4.88. The lowest BCUT2D eigenvalue weighted by atomic mass is 10.3. The Bertz CT molecular complexity index is 294. The number of thiophene rings is 1. The molecule has 1 amide bonds. The standard InChI is InChI=1S/C8H9BrFNOS/c1-5-4-6(13-7(5)9)8(12)11-3-2-10/h4H,2-3H2,1H3,(H,11,12). The number of hydrogen-bond acceptors (Lipinski definition) is 2. The van der Waals surface area contributed by atoms with Gasteiger partial charge in [0.1, 0.15) is 6.67 Å². The van der Waals surface area contributed by atoms with Crippen LogP contribution in [0, 0.1) is 6.92 Å². The monoisotopic (exact) mass is 265 g/mol. The number of halogens is 2. The number of amides is 1. The van der Waals surface area contributed by atoms with Gasteiger partial charge in [-0.1, -0.05) is 0 Å². The van der Waals surface area contributed by atoms with Crippen LogP contribution in [-0.2, 0) is 0 Å². The first-order valence-corrected chi connectivity index (χ1v) is 5.36. The van der Waals surface area contributed by atoms with Gasteiger partial charge in [0.2, 0.25) is 0 Å². The fourth-order valence-corrected chi connectivity index (χ4v) is 2.27. The summed E-state index contributed by atoms with van der Waals surface area (Å²) in [7, 11) is 0. The fraction of sp³-hybridized carbons (Fsp3) is 0.375. The maximum atomic E-state index is 11.7. The summed E-state index contributed by atoms with van der Waals surface area (Å²) in [6.07, 6.45) is 0. The Hall–Kier alpha value is -0.420. The minimum atomic E-state index is -0.530. The minimum absolute atomic E-state index is 0.0768. The Morgan fingerprint density at radius 1 is 1.77 bits per heavy atom. The van der Waals surface area contributed by atoms with Crippen LogP contribution in [0.25, 0.3) is 0 Å². The summed E-state index contributed by atoms with van der Waals surface area (Å²) in [4.78, 5) is 11.9. The molecule has 0 fully saturated rings. The third kappa shape index (κ3) is 2.77. The molecule has 0 aliphatic rings.